The third kappa shape index (κ3) is 7.96. The van der Waals surface area contributed by atoms with E-state index in [1.165, 1.54) is 0 Å². The van der Waals surface area contributed by atoms with Gasteiger partial charge in [0.25, 0.3) is 0 Å². The Morgan fingerprint density at radius 1 is 1.10 bits per heavy atom. The molecular weight excluding hydrogens is 447 g/mol. The summed E-state index contributed by atoms with van der Waals surface area (Å²) in [6.45, 7) is 2.96. The molecule has 30 heavy (non-hydrogen) atoms. The van der Waals surface area contributed by atoms with Gasteiger partial charge in [0, 0.05) is 36.8 Å². The Morgan fingerprint density at radius 3 is 2.27 bits per heavy atom. The summed E-state index contributed by atoms with van der Waals surface area (Å²) in [5.74, 6) is 0.695. The average Bonchev–Trinajstić information content (AvgIpc) is 2.66. The number of anilines is 1. The minimum absolute atomic E-state index is 0. The summed E-state index contributed by atoms with van der Waals surface area (Å²) in [6.07, 6.45) is 3.21. The lowest BCUT2D eigenvalue weighted by molar-refractivity contribution is -0.0226. The quantitative estimate of drug-likeness (QED) is 0.610. The fourth-order valence-electron chi connectivity index (χ4n) is 3.48. The van der Waals surface area contributed by atoms with Crippen LogP contribution in [0, 0.1) is 0 Å². The van der Waals surface area contributed by atoms with E-state index in [2.05, 4.69) is 9.62 Å². The van der Waals surface area contributed by atoms with Gasteiger partial charge < -0.3 is 9.84 Å². The van der Waals surface area contributed by atoms with Crippen molar-refractivity contribution < 1.29 is 18.3 Å². The van der Waals surface area contributed by atoms with Crippen LogP contribution in [0.25, 0.3) is 0 Å². The van der Waals surface area contributed by atoms with E-state index < -0.39 is 15.6 Å². The zero-order chi connectivity index (χ0) is 20.9. The third-order valence-electron chi connectivity index (χ3n) is 5.07. The Balaban J connectivity index is 0.00000320. The van der Waals surface area contributed by atoms with Crippen LogP contribution in [0.1, 0.15) is 18.4 Å². The van der Waals surface area contributed by atoms with Crippen LogP contribution < -0.4 is 9.46 Å². The molecule has 1 aliphatic heterocycles. The maximum absolute atomic E-state index is 11.2. The van der Waals surface area contributed by atoms with Gasteiger partial charge in [0.15, 0.2) is 0 Å². The number of likely N-dealkylation sites (tertiary alicyclic amines) is 1. The highest BCUT2D eigenvalue weighted by atomic mass is 35.5. The number of rotatable bonds is 8. The highest BCUT2D eigenvalue weighted by Crippen LogP contribution is 2.27. The van der Waals surface area contributed by atoms with Crippen molar-refractivity contribution in [2.24, 2.45) is 0 Å². The molecule has 1 aliphatic rings. The van der Waals surface area contributed by atoms with Gasteiger partial charge in [0.2, 0.25) is 10.0 Å². The van der Waals surface area contributed by atoms with Gasteiger partial charge in [-0.3, -0.25) is 9.62 Å². The Morgan fingerprint density at radius 2 is 1.70 bits per heavy atom. The molecule has 1 fully saturated rings. The molecule has 1 heterocycles. The smallest absolute Gasteiger partial charge is 0.229 e. The SMILES string of the molecule is CS(=O)(=O)Nc1ccc(OCCN2CCC(O)(Cc3ccc(Cl)cc3)CC2)cc1.Cl. The fraction of sp³-hybridized carbons (Fsp3) is 0.429. The summed E-state index contributed by atoms with van der Waals surface area (Å²) in [7, 11) is -3.28. The highest BCUT2D eigenvalue weighted by molar-refractivity contribution is 7.92. The summed E-state index contributed by atoms with van der Waals surface area (Å²) in [6, 6.07) is 14.5. The zero-order valence-corrected chi connectivity index (χ0v) is 19.3. The van der Waals surface area contributed by atoms with Gasteiger partial charge in [-0.25, -0.2) is 8.42 Å². The van der Waals surface area contributed by atoms with Gasteiger partial charge in [0.05, 0.1) is 11.9 Å². The maximum Gasteiger partial charge on any atom is 0.229 e. The molecule has 1 saturated heterocycles. The van der Waals surface area contributed by atoms with Crippen molar-refractivity contribution in [1.29, 1.82) is 0 Å². The average molecular weight is 475 g/mol. The van der Waals surface area contributed by atoms with Crippen LogP contribution in [0.3, 0.4) is 0 Å². The molecular formula is C21H28Cl2N2O4S. The summed E-state index contributed by atoms with van der Waals surface area (Å²) in [4.78, 5) is 2.29. The van der Waals surface area contributed by atoms with Crippen molar-refractivity contribution in [1.82, 2.24) is 4.90 Å². The summed E-state index contributed by atoms with van der Waals surface area (Å²) < 4.78 is 30.6. The van der Waals surface area contributed by atoms with E-state index in [1.807, 2.05) is 24.3 Å². The molecule has 0 atom stereocenters. The predicted octanol–water partition coefficient (Wildman–Crippen LogP) is 3.58. The second-order valence-corrected chi connectivity index (χ2v) is 9.80. The number of halogens is 2. The molecule has 0 radical (unpaired) electrons. The molecule has 2 N–H and O–H groups in total. The van der Waals surface area contributed by atoms with E-state index in [1.54, 1.807) is 24.3 Å². The standard InChI is InChI=1S/C21H27ClN2O4S.ClH/c1-29(26,27)23-19-6-8-20(9-7-19)28-15-14-24-12-10-21(25,11-13-24)16-17-2-4-18(22)5-3-17;/h2-9,23,25H,10-16H2,1H3;1H. The Labute approximate surface area is 189 Å². The Bertz CT molecular complexity index is 898. The van der Waals surface area contributed by atoms with Gasteiger partial charge >= 0.3 is 0 Å². The van der Waals surface area contributed by atoms with Crippen LogP contribution >= 0.6 is 24.0 Å². The lowest BCUT2D eigenvalue weighted by Gasteiger charge is -2.38. The van der Waals surface area contributed by atoms with Crippen LogP contribution in [0.2, 0.25) is 5.02 Å². The molecule has 3 rings (SSSR count). The monoisotopic (exact) mass is 474 g/mol. The molecule has 0 amide bonds. The summed E-state index contributed by atoms with van der Waals surface area (Å²) in [5.41, 5.74) is 0.937. The minimum atomic E-state index is -3.28. The number of hydrogen-bond acceptors (Lipinski definition) is 5. The van der Waals surface area contributed by atoms with Gasteiger partial charge in [-0.05, 0) is 54.8 Å². The van der Waals surface area contributed by atoms with E-state index >= 15 is 0 Å². The van der Waals surface area contributed by atoms with Crippen molar-refractivity contribution in [2.75, 3.05) is 37.2 Å². The van der Waals surface area contributed by atoms with Crippen LogP contribution in [-0.4, -0.2) is 56.5 Å². The van der Waals surface area contributed by atoms with Crippen molar-refractivity contribution in [3.63, 3.8) is 0 Å². The number of sulfonamides is 1. The molecule has 0 aliphatic carbocycles. The molecule has 0 unspecified atom stereocenters. The Kier molecular flexibility index (Phi) is 8.82. The van der Waals surface area contributed by atoms with Crippen molar-refractivity contribution in [3.05, 3.63) is 59.1 Å². The van der Waals surface area contributed by atoms with Crippen LogP contribution in [0.5, 0.6) is 5.75 Å². The van der Waals surface area contributed by atoms with Crippen molar-refractivity contribution in [2.45, 2.75) is 24.9 Å². The van der Waals surface area contributed by atoms with Crippen molar-refractivity contribution >= 4 is 39.7 Å². The van der Waals surface area contributed by atoms with Gasteiger partial charge in [-0.1, -0.05) is 23.7 Å². The van der Waals surface area contributed by atoms with Gasteiger partial charge in [0.1, 0.15) is 12.4 Å². The topological polar surface area (TPSA) is 78.9 Å². The second-order valence-electron chi connectivity index (χ2n) is 7.62. The third-order valence-corrected chi connectivity index (χ3v) is 5.93. The molecule has 0 bridgehead atoms. The molecule has 166 valence electrons. The molecule has 0 saturated carbocycles. The number of benzene rings is 2. The zero-order valence-electron chi connectivity index (χ0n) is 16.9. The molecule has 0 spiro atoms. The van der Waals surface area contributed by atoms with Crippen LogP contribution in [-0.2, 0) is 16.4 Å². The minimum Gasteiger partial charge on any atom is -0.492 e. The molecule has 0 aromatic heterocycles. The van der Waals surface area contributed by atoms with Crippen LogP contribution in [0.4, 0.5) is 5.69 Å². The van der Waals surface area contributed by atoms with Crippen LogP contribution in [0.15, 0.2) is 48.5 Å². The maximum atomic E-state index is 11.2. The molecule has 9 heteroatoms. The number of nitrogens with one attached hydrogen (secondary N) is 1. The first-order valence-electron chi connectivity index (χ1n) is 9.61. The van der Waals surface area contributed by atoms with E-state index in [9.17, 15) is 13.5 Å². The van der Waals surface area contributed by atoms with E-state index in [-0.39, 0.29) is 12.4 Å². The lowest BCUT2D eigenvalue weighted by Crippen LogP contribution is -2.46. The predicted molar refractivity (Wildman–Crippen MR) is 123 cm³/mol. The molecule has 2 aromatic carbocycles. The first-order chi connectivity index (χ1) is 13.7. The lowest BCUT2D eigenvalue weighted by atomic mass is 9.85. The fourth-order valence-corrected chi connectivity index (χ4v) is 4.17. The number of ether oxygens (including phenoxy) is 1. The summed E-state index contributed by atoms with van der Waals surface area (Å²) >= 11 is 5.93. The van der Waals surface area contributed by atoms with E-state index in [0.29, 0.717) is 29.5 Å². The van der Waals surface area contributed by atoms with Gasteiger partial charge in [-0.2, -0.15) is 0 Å². The molecule has 2 aromatic rings. The van der Waals surface area contributed by atoms with E-state index in [4.69, 9.17) is 16.3 Å². The number of hydrogen-bond donors (Lipinski definition) is 2. The largest absolute Gasteiger partial charge is 0.492 e. The normalized spacial score (nSPS) is 16.5. The van der Waals surface area contributed by atoms with E-state index in [0.717, 1.165) is 44.3 Å². The first-order valence-corrected chi connectivity index (χ1v) is 11.9. The second kappa shape index (κ2) is 10.7. The Hall–Kier alpha value is -1.51. The van der Waals surface area contributed by atoms with Crippen molar-refractivity contribution in [3.8, 4) is 5.75 Å². The number of piperidine rings is 1. The first kappa shape index (κ1) is 24.8. The number of nitrogens with zero attached hydrogens (tertiary/aromatic N) is 1. The highest BCUT2D eigenvalue weighted by Gasteiger charge is 2.32. The van der Waals surface area contributed by atoms with Gasteiger partial charge in [-0.15, -0.1) is 12.4 Å². The summed E-state index contributed by atoms with van der Waals surface area (Å²) in [5, 5.41) is 11.6. The molecule has 6 nitrogen and oxygen atoms in total. The number of aliphatic hydroxyl groups is 1.